The summed E-state index contributed by atoms with van der Waals surface area (Å²) in [6.45, 7) is 15.3. The van der Waals surface area contributed by atoms with Crippen LogP contribution in [0.15, 0.2) is 55.1 Å². The molecule has 1 aromatic rings. The van der Waals surface area contributed by atoms with E-state index in [1.165, 1.54) is 42.5 Å². The Bertz CT molecular complexity index is 476. The first kappa shape index (κ1) is 19.9. The van der Waals surface area contributed by atoms with Gasteiger partial charge >= 0.3 is 25.8 Å². The van der Waals surface area contributed by atoms with Crippen LogP contribution in [0.5, 0.6) is 0 Å². The Morgan fingerprint density at radius 3 is 2.38 bits per heavy atom. The number of benzene rings is 1. The predicted octanol–water partition coefficient (Wildman–Crippen LogP) is 5.96. The summed E-state index contributed by atoms with van der Waals surface area (Å²) in [6, 6.07) is 8.89. The summed E-state index contributed by atoms with van der Waals surface area (Å²) in [5.74, 6) is 0.640. The fourth-order valence-electron chi connectivity index (χ4n) is 2.85. The molecule has 2 aliphatic rings. The molecule has 0 N–H and O–H groups in total. The zero-order valence-electron chi connectivity index (χ0n) is 13.1. The molecule has 0 aromatic heterocycles. The molecule has 0 radical (unpaired) electrons. The summed E-state index contributed by atoms with van der Waals surface area (Å²) in [7, 11) is 0. The zero-order valence-corrected chi connectivity index (χ0v) is 14.9. The number of rotatable bonds is 0. The molecule has 3 rings (SSSR count). The molecule has 1 atom stereocenters. The van der Waals surface area contributed by atoms with Gasteiger partial charge in [0, 0.05) is 0 Å². The zero-order chi connectivity index (χ0) is 15.0. The molecule has 0 spiro atoms. The van der Waals surface area contributed by atoms with E-state index in [0.29, 0.717) is 5.92 Å². The Morgan fingerprint density at radius 1 is 1.19 bits per heavy atom. The molecule has 108 valence electrons. The van der Waals surface area contributed by atoms with Gasteiger partial charge in [-0.2, -0.15) is 5.57 Å². The van der Waals surface area contributed by atoms with Crippen molar-refractivity contribution in [3.05, 3.63) is 86.5 Å². The molecule has 1 unspecified atom stereocenters. The standard InChI is InChI=1S/C14H15.2C3H5.Sc/c1-10-11-6-2-4-8-13(11)14-9-5-3-7-12(10)14;2*1-3-2;/h2,4,6-8,10H,3,5,9H2,1H3;2*3H,1-2H2;/q3*-1;+3. The van der Waals surface area contributed by atoms with E-state index in [1.54, 1.807) is 11.1 Å². The normalized spacial score (nSPS) is 17.3. The summed E-state index contributed by atoms with van der Waals surface area (Å²) in [5, 5.41) is 0. The third-order valence-corrected chi connectivity index (χ3v) is 3.56. The van der Waals surface area contributed by atoms with Gasteiger partial charge in [-0.25, -0.2) is 51.2 Å². The molecule has 21 heavy (non-hydrogen) atoms. The molecule has 0 saturated heterocycles. The molecule has 0 amide bonds. The van der Waals surface area contributed by atoms with Crippen LogP contribution in [0.2, 0.25) is 0 Å². The quantitative estimate of drug-likeness (QED) is 0.519. The summed E-state index contributed by atoms with van der Waals surface area (Å²) in [6.07, 6.45) is 9.34. The molecule has 0 fully saturated rings. The van der Waals surface area contributed by atoms with Crippen LogP contribution in [0.4, 0.5) is 0 Å². The molecule has 1 aromatic carbocycles. The van der Waals surface area contributed by atoms with E-state index in [1.807, 2.05) is 0 Å². The minimum atomic E-state index is 0. The van der Waals surface area contributed by atoms with Gasteiger partial charge in [-0.1, -0.05) is 55.2 Å². The summed E-state index contributed by atoms with van der Waals surface area (Å²) < 4.78 is 0. The Kier molecular flexibility index (Phi) is 10.1. The van der Waals surface area contributed by atoms with E-state index in [-0.39, 0.29) is 25.8 Å². The second-order valence-corrected chi connectivity index (χ2v) is 4.92. The van der Waals surface area contributed by atoms with Gasteiger partial charge in [0.2, 0.25) is 0 Å². The van der Waals surface area contributed by atoms with Crippen LogP contribution in [-0.2, 0) is 25.8 Å². The van der Waals surface area contributed by atoms with Crippen molar-refractivity contribution in [2.45, 2.75) is 32.1 Å². The first-order valence-electron chi connectivity index (χ1n) is 7.17. The van der Waals surface area contributed by atoms with Crippen molar-refractivity contribution in [2.24, 2.45) is 0 Å². The first-order chi connectivity index (χ1) is 9.71. The van der Waals surface area contributed by atoms with Gasteiger partial charge in [0.05, 0.1) is 0 Å². The van der Waals surface area contributed by atoms with Gasteiger partial charge in [-0.05, 0) is 5.92 Å². The predicted molar refractivity (Wildman–Crippen MR) is 91.0 cm³/mol. The first-order valence-corrected chi connectivity index (χ1v) is 7.17. The topological polar surface area (TPSA) is 0 Å². The van der Waals surface area contributed by atoms with Gasteiger partial charge in [0.25, 0.3) is 0 Å². The van der Waals surface area contributed by atoms with E-state index in [2.05, 4.69) is 64.6 Å². The van der Waals surface area contributed by atoms with Gasteiger partial charge < -0.3 is 0 Å². The van der Waals surface area contributed by atoms with E-state index in [4.69, 9.17) is 0 Å². The molecule has 0 saturated carbocycles. The van der Waals surface area contributed by atoms with Crippen LogP contribution < -0.4 is 0 Å². The molecule has 0 heterocycles. The van der Waals surface area contributed by atoms with E-state index in [9.17, 15) is 0 Å². The molecular formula is C20H25Sc. The van der Waals surface area contributed by atoms with Crippen LogP contribution in [0.3, 0.4) is 0 Å². The Morgan fingerprint density at radius 2 is 1.76 bits per heavy atom. The van der Waals surface area contributed by atoms with Crippen molar-refractivity contribution < 1.29 is 25.8 Å². The average molecular weight is 310 g/mol. The Hall–Kier alpha value is -1.08. The number of allylic oxidation sites excluding steroid dienone is 4. The molecule has 1 heteroatoms. The third-order valence-electron chi connectivity index (χ3n) is 3.56. The van der Waals surface area contributed by atoms with Crippen LogP contribution in [0.1, 0.15) is 43.2 Å². The van der Waals surface area contributed by atoms with Crippen LogP contribution in [0, 0.1) is 20.3 Å². The molecular weight excluding hydrogens is 285 g/mol. The number of hydrogen-bond donors (Lipinski definition) is 0. The van der Waals surface area contributed by atoms with E-state index < -0.39 is 0 Å². The monoisotopic (exact) mass is 310 g/mol. The fourth-order valence-corrected chi connectivity index (χ4v) is 2.85. The summed E-state index contributed by atoms with van der Waals surface area (Å²) in [4.78, 5) is 0. The maximum atomic E-state index is 3.25. The van der Waals surface area contributed by atoms with Crippen molar-refractivity contribution in [1.82, 2.24) is 0 Å². The van der Waals surface area contributed by atoms with Crippen molar-refractivity contribution in [1.29, 1.82) is 0 Å². The second-order valence-electron chi connectivity index (χ2n) is 4.92. The third kappa shape index (κ3) is 5.00. The van der Waals surface area contributed by atoms with Gasteiger partial charge in [-0.3, -0.25) is 0 Å². The van der Waals surface area contributed by atoms with E-state index >= 15 is 0 Å². The van der Waals surface area contributed by atoms with Crippen LogP contribution in [-0.4, -0.2) is 0 Å². The SMILES string of the molecule is C=C[CH2-].C=C[CH2-].CC1C2=C(CCC[CH-]2)c2ccccc21.[Sc+3]. The summed E-state index contributed by atoms with van der Waals surface area (Å²) >= 11 is 0. The van der Waals surface area contributed by atoms with Gasteiger partial charge in [-0.15, -0.1) is 6.42 Å². The molecule has 0 aliphatic heterocycles. The van der Waals surface area contributed by atoms with Gasteiger partial charge in [0.1, 0.15) is 0 Å². The van der Waals surface area contributed by atoms with E-state index in [0.717, 1.165) is 0 Å². The Balaban J connectivity index is 0.000000502. The minimum Gasteiger partial charge on any atom is -0.245 e. The summed E-state index contributed by atoms with van der Waals surface area (Å²) in [5.41, 5.74) is 6.29. The van der Waals surface area contributed by atoms with Crippen molar-refractivity contribution in [3.63, 3.8) is 0 Å². The van der Waals surface area contributed by atoms with Crippen LogP contribution in [0.25, 0.3) is 5.57 Å². The fraction of sp³-hybridized carbons (Fsp3) is 0.250. The van der Waals surface area contributed by atoms with Crippen LogP contribution >= 0.6 is 0 Å². The second kappa shape index (κ2) is 10.6. The van der Waals surface area contributed by atoms with Gasteiger partial charge in [0.15, 0.2) is 0 Å². The number of fused-ring (bicyclic) bond motifs is 2. The molecule has 0 bridgehead atoms. The average Bonchev–Trinajstić information content (AvgIpc) is 2.76. The molecule has 2 aliphatic carbocycles. The minimum absolute atomic E-state index is 0. The maximum Gasteiger partial charge on any atom is 3.00 e. The smallest absolute Gasteiger partial charge is 0.245 e. The van der Waals surface area contributed by atoms with Crippen molar-refractivity contribution in [3.8, 4) is 0 Å². The number of hydrogen-bond acceptors (Lipinski definition) is 0. The molecule has 0 nitrogen and oxygen atoms in total. The maximum absolute atomic E-state index is 3.25. The Labute approximate surface area is 149 Å². The van der Waals surface area contributed by atoms with Crippen molar-refractivity contribution >= 4 is 5.57 Å². The largest absolute Gasteiger partial charge is 3.00 e. The van der Waals surface area contributed by atoms with Crippen molar-refractivity contribution in [2.75, 3.05) is 0 Å².